The van der Waals surface area contributed by atoms with Crippen LogP contribution in [0.1, 0.15) is 81.1 Å². The molecular formula is C19H39NO2. The van der Waals surface area contributed by atoms with Crippen LogP contribution in [-0.2, 0) is 9.59 Å². The molecule has 22 heavy (non-hydrogen) atoms. The fraction of sp³-hybridized carbons (Fsp3) is 0.895. The molecule has 0 aromatic heterocycles. The van der Waals surface area contributed by atoms with Crippen molar-refractivity contribution in [1.82, 2.24) is 5.32 Å². The number of nitrogens with one attached hydrogen (secondary N) is 1. The molecule has 0 fully saturated rings. The molecule has 0 saturated carbocycles. The number of rotatable bonds is 9. The number of hydrogen-bond donors (Lipinski definition) is 1. The highest BCUT2D eigenvalue weighted by atomic mass is 16.1. The van der Waals surface area contributed by atoms with Gasteiger partial charge in [-0.1, -0.05) is 55.4 Å². The Labute approximate surface area is 138 Å². The minimum absolute atomic E-state index is 0.175. The van der Waals surface area contributed by atoms with Crippen molar-refractivity contribution >= 4 is 11.7 Å². The summed E-state index contributed by atoms with van der Waals surface area (Å²) < 4.78 is 0. The lowest BCUT2D eigenvalue weighted by Crippen LogP contribution is -2.28. The zero-order valence-corrected chi connectivity index (χ0v) is 16.2. The van der Waals surface area contributed by atoms with Crippen LogP contribution in [0.4, 0.5) is 0 Å². The standard InChI is InChI=1S/C10H20O.C9H19NO/c1-8(2)5-6-10(11)7-9(3)4;1-7(2)5-9(11)10-6-8(3)4/h8-9H,5-7H2,1-4H3;7-8H,5-6H2,1-4H3,(H,10,11). The zero-order chi connectivity index (χ0) is 17.7. The van der Waals surface area contributed by atoms with Gasteiger partial charge in [0.25, 0.3) is 0 Å². The number of carbonyl (C=O) groups excluding carboxylic acids is 2. The summed E-state index contributed by atoms with van der Waals surface area (Å²) in [4.78, 5) is 22.2. The molecule has 0 aromatic rings. The van der Waals surface area contributed by atoms with Crippen LogP contribution in [0.5, 0.6) is 0 Å². The van der Waals surface area contributed by atoms with E-state index in [1.807, 2.05) is 0 Å². The predicted octanol–water partition coefficient (Wildman–Crippen LogP) is 4.84. The Bertz CT molecular complexity index is 264. The topological polar surface area (TPSA) is 46.2 Å². The van der Waals surface area contributed by atoms with E-state index < -0.39 is 0 Å². The largest absolute Gasteiger partial charge is 0.356 e. The highest BCUT2D eigenvalue weighted by Crippen LogP contribution is 2.08. The second-order valence-corrected chi connectivity index (χ2v) is 7.87. The lowest BCUT2D eigenvalue weighted by Gasteiger charge is -2.08. The van der Waals surface area contributed by atoms with Crippen molar-refractivity contribution in [3.8, 4) is 0 Å². The van der Waals surface area contributed by atoms with Crippen molar-refractivity contribution in [2.75, 3.05) is 6.54 Å². The van der Waals surface area contributed by atoms with Crippen molar-refractivity contribution in [2.45, 2.75) is 81.1 Å². The summed E-state index contributed by atoms with van der Waals surface area (Å²) in [5.74, 6) is 2.79. The SMILES string of the molecule is CC(C)CCC(=O)CC(C)C.CC(C)CNC(=O)CC(C)C. The molecule has 132 valence electrons. The Morgan fingerprint density at radius 2 is 1.23 bits per heavy atom. The lowest BCUT2D eigenvalue weighted by atomic mass is 10.00. The molecule has 0 radical (unpaired) electrons. The van der Waals surface area contributed by atoms with Gasteiger partial charge in [-0.25, -0.2) is 0 Å². The first kappa shape index (κ1) is 23.4. The van der Waals surface area contributed by atoms with Gasteiger partial charge in [0.2, 0.25) is 5.91 Å². The van der Waals surface area contributed by atoms with Gasteiger partial charge in [0, 0.05) is 25.8 Å². The van der Waals surface area contributed by atoms with E-state index in [9.17, 15) is 9.59 Å². The highest BCUT2D eigenvalue weighted by molar-refractivity contribution is 5.78. The van der Waals surface area contributed by atoms with Crippen LogP contribution in [-0.4, -0.2) is 18.2 Å². The highest BCUT2D eigenvalue weighted by Gasteiger charge is 2.05. The number of carbonyl (C=O) groups is 2. The second-order valence-electron chi connectivity index (χ2n) is 7.87. The Kier molecular flexibility index (Phi) is 14.7. The van der Waals surface area contributed by atoms with Crippen LogP contribution in [0.15, 0.2) is 0 Å². The van der Waals surface area contributed by atoms with Gasteiger partial charge in [-0.05, 0) is 30.1 Å². The van der Waals surface area contributed by atoms with Gasteiger partial charge >= 0.3 is 0 Å². The van der Waals surface area contributed by atoms with Gasteiger partial charge in [-0.15, -0.1) is 0 Å². The third kappa shape index (κ3) is 21.4. The summed E-state index contributed by atoms with van der Waals surface area (Å²) in [7, 11) is 0. The molecule has 0 saturated heterocycles. The quantitative estimate of drug-likeness (QED) is 0.662. The van der Waals surface area contributed by atoms with Crippen LogP contribution >= 0.6 is 0 Å². The van der Waals surface area contributed by atoms with Crippen molar-refractivity contribution in [1.29, 1.82) is 0 Å². The summed E-state index contributed by atoms with van der Waals surface area (Å²) in [5.41, 5.74) is 0. The minimum Gasteiger partial charge on any atom is -0.356 e. The Morgan fingerprint density at radius 1 is 0.727 bits per heavy atom. The summed E-state index contributed by atoms with van der Waals surface area (Å²) in [6, 6.07) is 0. The molecule has 0 bridgehead atoms. The Morgan fingerprint density at radius 3 is 1.59 bits per heavy atom. The van der Waals surface area contributed by atoms with Gasteiger partial charge in [-0.3, -0.25) is 9.59 Å². The third-order valence-corrected chi connectivity index (χ3v) is 2.94. The van der Waals surface area contributed by atoms with Gasteiger partial charge in [0.05, 0.1) is 0 Å². The second kappa shape index (κ2) is 13.8. The van der Waals surface area contributed by atoms with E-state index in [1.165, 1.54) is 0 Å². The molecule has 0 spiro atoms. The van der Waals surface area contributed by atoms with Crippen molar-refractivity contribution in [3.05, 3.63) is 0 Å². The fourth-order valence-corrected chi connectivity index (χ4v) is 1.77. The van der Waals surface area contributed by atoms with E-state index in [1.54, 1.807) is 0 Å². The van der Waals surface area contributed by atoms with Gasteiger partial charge in [0.1, 0.15) is 5.78 Å². The summed E-state index contributed by atoms with van der Waals surface area (Å²) in [6.45, 7) is 17.6. The molecule has 0 aliphatic heterocycles. The maximum absolute atomic E-state index is 11.2. The summed E-state index contributed by atoms with van der Waals surface area (Å²) >= 11 is 0. The normalized spacial score (nSPS) is 10.9. The van der Waals surface area contributed by atoms with E-state index in [2.05, 4.69) is 60.7 Å². The molecule has 0 unspecified atom stereocenters. The first-order valence-corrected chi connectivity index (χ1v) is 8.82. The molecule has 0 rings (SSSR count). The zero-order valence-electron chi connectivity index (χ0n) is 16.2. The minimum atomic E-state index is 0.175. The van der Waals surface area contributed by atoms with Crippen LogP contribution in [0.2, 0.25) is 0 Å². The van der Waals surface area contributed by atoms with Crippen LogP contribution in [0, 0.1) is 23.7 Å². The van der Waals surface area contributed by atoms with E-state index in [0.29, 0.717) is 35.9 Å². The molecular weight excluding hydrogens is 274 g/mol. The smallest absolute Gasteiger partial charge is 0.220 e. The van der Waals surface area contributed by atoms with Crippen molar-refractivity contribution in [2.24, 2.45) is 23.7 Å². The predicted molar refractivity (Wildman–Crippen MR) is 95.8 cm³/mol. The van der Waals surface area contributed by atoms with Crippen LogP contribution in [0.3, 0.4) is 0 Å². The van der Waals surface area contributed by atoms with Gasteiger partial charge in [-0.2, -0.15) is 0 Å². The van der Waals surface area contributed by atoms with E-state index in [0.717, 1.165) is 25.8 Å². The number of ketones is 1. The molecule has 1 N–H and O–H groups in total. The number of Topliss-reactive ketones (excluding diaryl/α,β-unsaturated/α-hetero) is 1. The molecule has 3 heteroatoms. The molecule has 0 heterocycles. The van der Waals surface area contributed by atoms with Crippen LogP contribution in [0.25, 0.3) is 0 Å². The number of hydrogen-bond acceptors (Lipinski definition) is 2. The average molecular weight is 314 g/mol. The van der Waals surface area contributed by atoms with Crippen molar-refractivity contribution in [3.63, 3.8) is 0 Å². The third-order valence-electron chi connectivity index (χ3n) is 2.94. The van der Waals surface area contributed by atoms with E-state index in [4.69, 9.17) is 0 Å². The van der Waals surface area contributed by atoms with E-state index in [-0.39, 0.29) is 5.91 Å². The molecule has 0 aliphatic rings. The molecule has 0 aromatic carbocycles. The number of amides is 1. The molecule has 1 amide bonds. The first-order valence-electron chi connectivity index (χ1n) is 8.82. The molecule has 0 aliphatic carbocycles. The maximum atomic E-state index is 11.2. The average Bonchev–Trinajstić information content (AvgIpc) is 2.33. The van der Waals surface area contributed by atoms with Gasteiger partial charge < -0.3 is 5.32 Å². The monoisotopic (exact) mass is 313 g/mol. The summed E-state index contributed by atoms with van der Waals surface area (Å²) in [5, 5.41) is 2.87. The first-order chi connectivity index (χ1) is 10.0. The van der Waals surface area contributed by atoms with Gasteiger partial charge in [0.15, 0.2) is 0 Å². The molecule has 3 nitrogen and oxygen atoms in total. The van der Waals surface area contributed by atoms with Crippen LogP contribution < -0.4 is 5.32 Å². The summed E-state index contributed by atoms with van der Waals surface area (Å²) in [6.07, 6.45) is 3.22. The maximum Gasteiger partial charge on any atom is 0.220 e. The van der Waals surface area contributed by atoms with E-state index >= 15 is 0 Å². The van der Waals surface area contributed by atoms with Crippen molar-refractivity contribution < 1.29 is 9.59 Å². The molecule has 0 atom stereocenters. The fourth-order valence-electron chi connectivity index (χ4n) is 1.77. The Hall–Kier alpha value is -0.860. The lowest BCUT2D eigenvalue weighted by molar-refractivity contribution is -0.122. The Balaban J connectivity index is 0.